The number of nitrogen functional groups attached to an aromatic ring is 2. The molecule has 0 saturated heterocycles. The zero-order valence-electron chi connectivity index (χ0n) is 16.6. The number of allylic oxidation sites excluding steroid dienone is 6. The number of rotatable bonds is 5. The summed E-state index contributed by atoms with van der Waals surface area (Å²) in [6, 6.07) is 5.43. The van der Waals surface area contributed by atoms with Crippen LogP contribution < -0.4 is 21.5 Å². The standard InChI is InChI=1S/C22H18ClFN6O2/c23-19-18(9-10-27-20(19)25)32-17-8-7-13(11-16(17)24)29-22(31)15-12-28-30(21(15)26)14-5-3-1-2-4-6-14/h1-5,7-12H,6,26H2,(H2,25,27)(H,29,31). The van der Waals surface area contributed by atoms with Crippen LogP contribution in [0.2, 0.25) is 5.02 Å². The number of carbonyl (C=O) groups excluding carboxylic acids is 1. The van der Waals surface area contributed by atoms with Crippen LogP contribution in [0.3, 0.4) is 0 Å². The third kappa shape index (κ3) is 4.33. The summed E-state index contributed by atoms with van der Waals surface area (Å²) in [4.78, 5) is 16.5. The Kier molecular flexibility index (Phi) is 5.91. The van der Waals surface area contributed by atoms with Gasteiger partial charge in [0.1, 0.15) is 22.2 Å². The summed E-state index contributed by atoms with van der Waals surface area (Å²) < 4.78 is 21.5. The highest BCUT2D eigenvalue weighted by atomic mass is 35.5. The molecule has 2 heterocycles. The lowest BCUT2D eigenvalue weighted by atomic mass is 10.2. The average molecular weight is 453 g/mol. The number of anilines is 3. The van der Waals surface area contributed by atoms with Gasteiger partial charge < -0.3 is 21.5 Å². The smallest absolute Gasteiger partial charge is 0.261 e. The summed E-state index contributed by atoms with van der Waals surface area (Å²) in [6.07, 6.45) is 12.9. The zero-order valence-corrected chi connectivity index (χ0v) is 17.4. The molecule has 162 valence electrons. The van der Waals surface area contributed by atoms with Gasteiger partial charge in [0.15, 0.2) is 17.3 Å². The quantitative estimate of drug-likeness (QED) is 0.518. The Morgan fingerprint density at radius 2 is 2.03 bits per heavy atom. The van der Waals surface area contributed by atoms with Gasteiger partial charge in [0, 0.05) is 36.1 Å². The molecule has 0 unspecified atom stereocenters. The molecule has 0 fully saturated rings. The number of halogens is 2. The number of amides is 1. The second-order valence-corrected chi connectivity index (χ2v) is 7.12. The highest BCUT2D eigenvalue weighted by molar-refractivity contribution is 6.34. The fraction of sp³-hybridized carbons (Fsp3) is 0.0455. The van der Waals surface area contributed by atoms with Crippen LogP contribution >= 0.6 is 11.6 Å². The van der Waals surface area contributed by atoms with Crippen molar-refractivity contribution in [1.82, 2.24) is 14.8 Å². The van der Waals surface area contributed by atoms with E-state index in [2.05, 4.69) is 15.4 Å². The number of nitrogens with two attached hydrogens (primary N) is 2. The number of pyridine rings is 1. The first-order chi connectivity index (χ1) is 15.4. The van der Waals surface area contributed by atoms with Crippen molar-refractivity contribution in [2.45, 2.75) is 6.42 Å². The Morgan fingerprint density at radius 3 is 2.84 bits per heavy atom. The highest BCUT2D eigenvalue weighted by Gasteiger charge is 2.18. The number of ether oxygens (including phenoxy) is 1. The molecule has 0 bridgehead atoms. The van der Waals surface area contributed by atoms with Crippen molar-refractivity contribution in [3.05, 3.63) is 83.4 Å². The maximum Gasteiger partial charge on any atom is 0.261 e. The molecular formula is C22H18ClFN6O2. The molecule has 0 atom stereocenters. The number of aromatic nitrogens is 3. The minimum atomic E-state index is -0.708. The van der Waals surface area contributed by atoms with Crippen molar-refractivity contribution in [2.75, 3.05) is 16.8 Å². The molecule has 0 spiro atoms. The van der Waals surface area contributed by atoms with Gasteiger partial charge in [-0.1, -0.05) is 35.9 Å². The van der Waals surface area contributed by atoms with Crippen LogP contribution in [0.15, 0.2) is 67.0 Å². The van der Waals surface area contributed by atoms with Gasteiger partial charge >= 0.3 is 0 Å². The van der Waals surface area contributed by atoms with Crippen molar-refractivity contribution < 1.29 is 13.9 Å². The Labute approximate surface area is 187 Å². The predicted octanol–water partition coefficient (Wildman–Crippen LogP) is 4.64. The van der Waals surface area contributed by atoms with Gasteiger partial charge in [-0.3, -0.25) is 4.79 Å². The van der Waals surface area contributed by atoms with Crippen LogP contribution in [0.5, 0.6) is 11.5 Å². The van der Waals surface area contributed by atoms with Gasteiger partial charge in [0.2, 0.25) is 0 Å². The van der Waals surface area contributed by atoms with E-state index in [0.717, 1.165) is 11.8 Å². The van der Waals surface area contributed by atoms with E-state index in [9.17, 15) is 9.18 Å². The van der Waals surface area contributed by atoms with E-state index < -0.39 is 11.7 Å². The molecule has 1 aliphatic rings. The summed E-state index contributed by atoms with van der Waals surface area (Å²) in [6.45, 7) is 0. The first-order valence-electron chi connectivity index (χ1n) is 9.49. The molecule has 4 rings (SSSR count). The lowest BCUT2D eigenvalue weighted by Crippen LogP contribution is -2.14. The van der Waals surface area contributed by atoms with Crippen molar-refractivity contribution in [1.29, 1.82) is 0 Å². The first kappa shape index (κ1) is 21.1. The Balaban J connectivity index is 1.50. The van der Waals surface area contributed by atoms with Crippen LogP contribution in [0, 0.1) is 5.82 Å². The first-order valence-corrected chi connectivity index (χ1v) is 9.87. The molecule has 2 aromatic heterocycles. The summed E-state index contributed by atoms with van der Waals surface area (Å²) >= 11 is 6.02. The monoisotopic (exact) mass is 452 g/mol. The second kappa shape index (κ2) is 8.94. The van der Waals surface area contributed by atoms with Crippen LogP contribution in [-0.2, 0) is 0 Å². The minimum absolute atomic E-state index is 0.0678. The molecule has 0 radical (unpaired) electrons. The summed E-state index contributed by atoms with van der Waals surface area (Å²) in [7, 11) is 0. The van der Waals surface area contributed by atoms with E-state index in [1.165, 1.54) is 35.3 Å². The Bertz CT molecular complexity index is 1280. The topological polar surface area (TPSA) is 121 Å². The number of nitrogens with one attached hydrogen (secondary N) is 1. The minimum Gasteiger partial charge on any atom is -0.453 e. The molecule has 10 heteroatoms. The summed E-state index contributed by atoms with van der Waals surface area (Å²) in [5, 5.41) is 6.89. The van der Waals surface area contributed by atoms with E-state index in [0.29, 0.717) is 6.42 Å². The number of benzene rings is 1. The van der Waals surface area contributed by atoms with Crippen LogP contribution in [0.25, 0.3) is 5.70 Å². The van der Waals surface area contributed by atoms with Gasteiger partial charge in [-0.15, -0.1) is 0 Å². The second-order valence-electron chi connectivity index (χ2n) is 6.74. The molecule has 0 saturated carbocycles. The van der Waals surface area contributed by atoms with E-state index in [-0.39, 0.29) is 39.4 Å². The van der Waals surface area contributed by atoms with Crippen molar-refractivity contribution in [3.8, 4) is 11.5 Å². The molecular weight excluding hydrogens is 435 g/mol. The van der Waals surface area contributed by atoms with E-state index in [1.807, 2.05) is 30.4 Å². The third-order valence-corrected chi connectivity index (χ3v) is 4.97. The zero-order chi connectivity index (χ0) is 22.7. The normalized spacial score (nSPS) is 12.9. The molecule has 1 aromatic carbocycles. The van der Waals surface area contributed by atoms with Gasteiger partial charge in [-0.05, 0) is 18.2 Å². The maximum absolute atomic E-state index is 14.6. The Morgan fingerprint density at radius 1 is 1.19 bits per heavy atom. The van der Waals surface area contributed by atoms with Crippen LogP contribution in [0.4, 0.5) is 21.7 Å². The summed E-state index contributed by atoms with van der Waals surface area (Å²) in [5.41, 5.74) is 13.0. The van der Waals surface area contributed by atoms with Gasteiger partial charge in [0.25, 0.3) is 5.91 Å². The average Bonchev–Trinajstić information content (AvgIpc) is 2.97. The number of carbonyl (C=O) groups is 1. The SMILES string of the molecule is Nc1nccc(Oc2ccc(NC(=O)c3cnn(C4=CC=CC=CC4)c3N)cc2F)c1Cl. The van der Waals surface area contributed by atoms with Gasteiger partial charge in [0.05, 0.1) is 6.20 Å². The third-order valence-electron chi connectivity index (χ3n) is 4.59. The maximum atomic E-state index is 14.6. The van der Waals surface area contributed by atoms with Gasteiger partial charge in [-0.25, -0.2) is 14.1 Å². The van der Waals surface area contributed by atoms with Crippen molar-refractivity contribution >= 4 is 40.5 Å². The fourth-order valence-electron chi connectivity index (χ4n) is 2.98. The Hall–Kier alpha value is -4.11. The largest absolute Gasteiger partial charge is 0.453 e. The molecule has 32 heavy (non-hydrogen) atoms. The highest BCUT2D eigenvalue weighted by Crippen LogP contribution is 2.34. The van der Waals surface area contributed by atoms with Crippen LogP contribution in [0.1, 0.15) is 16.8 Å². The fourth-order valence-corrected chi connectivity index (χ4v) is 3.13. The molecule has 8 nitrogen and oxygen atoms in total. The number of hydrogen-bond acceptors (Lipinski definition) is 6. The van der Waals surface area contributed by atoms with E-state index in [4.69, 9.17) is 27.8 Å². The number of nitrogens with zero attached hydrogens (tertiary/aromatic N) is 3. The van der Waals surface area contributed by atoms with Gasteiger partial charge in [-0.2, -0.15) is 5.10 Å². The van der Waals surface area contributed by atoms with Crippen molar-refractivity contribution in [2.24, 2.45) is 0 Å². The molecule has 3 aromatic rings. The lowest BCUT2D eigenvalue weighted by Gasteiger charge is -2.11. The molecule has 1 amide bonds. The number of hydrogen-bond donors (Lipinski definition) is 3. The van der Waals surface area contributed by atoms with E-state index >= 15 is 0 Å². The van der Waals surface area contributed by atoms with Crippen molar-refractivity contribution in [3.63, 3.8) is 0 Å². The lowest BCUT2D eigenvalue weighted by molar-refractivity contribution is 0.102. The van der Waals surface area contributed by atoms with E-state index in [1.54, 1.807) is 0 Å². The van der Waals surface area contributed by atoms with Crippen LogP contribution in [-0.4, -0.2) is 20.7 Å². The summed E-state index contributed by atoms with van der Waals surface area (Å²) in [5.74, 6) is -0.912. The molecule has 0 aliphatic heterocycles. The molecule has 1 aliphatic carbocycles. The predicted molar refractivity (Wildman–Crippen MR) is 122 cm³/mol. The molecule has 5 N–H and O–H groups in total.